The van der Waals surface area contributed by atoms with E-state index < -0.39 is 0 Å². The maximum Gasteiger partial charge on any atom is 0.255 e. The number of H-pyrrole nitrogens is 1. The molecule has 3 N–H and O–H groups in total. The Labute approximate surface area is 218 Å². The summed E-state index contributed by atoms with van der Waals surface area (Å²) in [5.74, 6) is -0.0196. The van der Waals surface area contributed by atoms with Gasteiger partial charge < -0.3 is 15.6 Å². The molecule has 5 rings (SSSR count). The van der Waals surface area contributed by atoms with Crippen molar-refractivity contribution in [2.75, 3.05) is 0 Å². The summed E-state index contributed by atoms with van der Waals surface area (Å²) in [7, 11) is 0. The topological polar surface area (TPSA) is 78.9 Å². The van der Waals surface area contributed by atoms with Gasteiger partial charge in [0.2, 0.25) is 0 Å². The predicted molar refractivity (Wildman–Crippen MR) is 148 cm³/mol. The number of benzene rings is 2. The Bertz CT molecular complexity index is 1380. The standard InChI is InChI=1S/C28H29IN4O2/c29-16-21-18-31-26-15-20(10-13-23(21)26)28(35)32-25-6-2-1-5-24(25)30-17-19-8-11-22(12-9-19)33-14-4-3-7-27(33)34/h3-4,7-15,18,24-25,30-31H,1-2,5-6,16-17H2,(H,32,35)/t24-,25+/m0/s1. The molecule has 4 aromatic rings. The van der Waals surface area contributed by atoms with Gasteiger partial charge in [-0.15, -0.1) is 0 Å². The van der Waals surface area contributed by atoms with E-state index >= 15 is 0 Å². The van der Waals surface area contributed by atoms with Crippen molar-refractivity contribution in [3.8, 4) is 5.69 Å². The lowest BCUT2D eigenvalue weighted by Gasteiger charge is -2.33. The van der Waals surface area contributed by atoms with Crippen LogP contribution in [-0.2, 0) is 11.0 Å². The Morgan fingerprint density at radius 1 is 1.03 bits per heavy atom. The van der Waals surface area contributed by atoms with Gasteiger partial charge in [-0.3, -0.25) is 14.2 Å². The highest BCUT2D eigenvalue weighted by Gasteiger charge is 2.26. The summed E-state index contributed by atoms with van der Waals surface area (Å²) < 4.78 is 2.57. The third kappa shape index (κ3) is 5.36. The zero-order valence-electron chi connectivity index (χ0n) is 19.5. The van der Waals surface area contributed by atoms with Crippen LogP contribution in [0.15, 0.2) is 77.9 Å². The molecule has 7 heteroatoms. The highest BCUT2D eigenvalue weighted by Crippen LogP contribution is 2.23. The molecule has 2 aromatic heterocycles. The molecule has 2 heterocycles. The summed E-state index contributed by atoms with van der Waals surface area (Å²) in [6, 6.07) is 19.4. The molecule has 0 radical (unpaired) electrons. The minimum Gasteiger partial charge on any atom is -0.361 e. The second kappa shape index (κ2) is 10.8. The summed E-state index contributed by atoms with van der Waals surface area (Å²) in [6.45, 7) is 0.717. The Hall–Kier alpha value is -2.91. The van der Waals surface area contributed by atoms with E-state index in [0.717, 1.165) is 46.9 Å². The van der Waals surface area contributed by atoms with Gasteiger partial charge in [-0.05, 0) is 54.3 Å². The number of aromatic nitrogens is 2. The first kappa shape index (κ1) is 23.8. The number of halogens is 1. The molecule has 6 nitrogen and oxygen atoms in total. The second-order valence-electron chi connectivity index (χ2n) is 9.14. The number of carbonyl (C=O) groups excluding carboxylic acids is 1. The smallest absolute Gasteiger partial charge is 0.255 e. The summed E-state index contributed by atoms with van der Waals surface area (Å²) in [5.41, 5.74) is 4.91. The SMILES string of the molecule is O=C(N[C@@H]1CCCC[C@@H]1NCc1ccc(-n2ccccc2=O)cc1)c1ccc2c(CI)c[nH]c2c1. The van der Waals surface area contributed by atoms with Gasteiger partial charge in [-0.1, -0.05) is 59.7 Å². The lowest BCUT2D eigenvalue weighted by Crippen LogP contribution is -2.51. The van der Waals surface area contributed by atoms with Crippen molar-refractivity contribution in [1.29, 1.82) is 0 Å². The molecule has 0 bridgehead atoms. The van der Waals surface area contributed by atoms with Crippen molar-refractivity contribution in [3.63, 3.8) is 0 Å². The summed E-state index contributed by atoms with van der Waals surface area (Å²) >= 11 is 2.36. The number of carbonyl (C=O) groups is 1. The summed E-state index contributed by atoms with van der Waals surface area (Å²) in [5, 5.41) is 8.13. The van der Waals surface area contributed by atoms with E-state index in [4.69, 9.17) is 0 Å². The van der Waals surface area contributed by atoms with E-state index in [1.807, 2.05) is 54.7 Å². The molecule has 2 atom stereocenters. The van der Waals surface area contributed by atoms with Gasteiger partial charge in [0.05, 0.1) is 0 Å². The maximum absolute atomic E-state index is 13.1. The van der Waals surface area contributed by atoms with Gasteiger partial charge in [0, 0.05) is 63.7 Å². The normalized spacial score (nSPS) is 18.0. The van der Waals surface area contributed by atoms with Crippen molar-refractivity contribution in [2.45, 2.75) is 48.7 Å². The van der Waals surface area contributed by atoms with Crippen LogP contribution in [0.1, 0.15) is 47.2 Å². The molecule has 0 saturated heterocycles. The number of alkyl halides is 1. The molecule has 1 fully saturated rings. The third-order valence-electron chi connectivity index (χ3n) is 6.86. The van der Waals surface area contributed by atoms with Crippen LogP contribution in [0.4, 0.5) is 0 Å². The van der Waals surface area contributed by atoms with E-state index in [9.17, 15) is 9.59 Å². The van der Waals surface area contributed by atoms with Gasteiger partial charge in [-0.2, -0.15) is 0 Å². The molecule has 2 aromatic carbocycles. The van der Waals surface area contributed by atoms with Gasteiger partial charge in [0.25, 0.3) is 11.5 Å². The van der Waals surface area contributed by atoms with Gasteiger partial charge in [0.15, 0.2) is 0 Å². The zero-order valence-corrected chi connectivity index (χ0v) is 21.6. The molecular weight excluding hydrogens is 551 g/mol. The van der Waals surface area contributed by atoms with E-state index in [2.05, 4.69) is 38.2 Å². The molecular formula is C28H29IN4O2. The summed E-state index contributed by atoms with van der Waals surface area (Å²) in [6.07, 6.45) is 8.09. The number of nitrogens with zero attached hydrogens (tertiary/aromatic N) is 1. The number of nitrogens with one attached hydrogen (secondary N) is 3. The number of rotatable bonds is 7. The average molecular weight is 580 g/mol. The minimum absolute atomic E-state index is 0.0196. The van der Waals surface area contributed by atoms with Crippen molar-refractivity contribution >= 4 is 39.4 Å². The Kier molecular flexibility index (Phi) is 7.34. The van der Waals surface area contributed by atoms with E-state index in [0.29, 0.717) is 12.1 Å². The fraction of sp³-hybridized carbons (Fsp3) is 0.286. The van der Waals surface area contributed by atoms with Crippen LogP contribution >= 0.6 is 22.6 Å². The van der Waals surface area contributed by atoms with Crippen LogP contribution < -0.4 is 16.2 Å². The fourth-order valence-corrected chi connectivity index (χ4v) is 5.53. The highest BCUT2D eigenvalue weighted by molar-refractivity contribution is 14.1. The van der Waals surface area contributed by atoms with E-state index in [-0.39, 0.29) is 23.6 Å². The average Bonchev–Trinajstić information content (AvgIpc) is 3.31. The van der Waals surface area contributed by atoms with Crippen LogP contribution in [0.3, 0.4) is 0 Å². The molecule has 180 valence electrons. The van der Waals surface area contributed by atoms with Crippen molar-refractivity contribution < 1.29 is 4.79 Å². The fourth-order valence-electron chi connectivity index (χ4n) is 4.90. The number of fused-ring (bicyclic) bond motifs is 1. The largest absolute Gasteiger partial charge is 0.361 e. The second-order valence-corrected chi connectivity index (χ2v) is 9.90. The van der Waals surface area contributed by atoms with Crippen LogP contribution in [-0.4, -0.2) is 27.5 Å². The number of hydrogen-bond donors (Lipinski definition) is 3. The van der Waals surface area contributed by atoms with Crippen LogP contribution in [0.5, 0.6) is 0 Å². The van der Waals surface area contributed by atoms with Crippen molar-refractivity contribution in [1.82, 2.24) is 20.2 Å². The molecule has 0 unspecified atom stereocenters. The predicted octanol–water partition coefficient (Wildman–Crippen LogP) is 5.08. The van der Waals surface area contributed by atoms with Crippen molar-refractivity contribution in [3.05, 3.63) is 100 Å². The molecule has 0 spiro atoms. The zero-order chi connectivity index (χ0) is 24.2. The first-order chi connectivity index (χ1) is 17.1. The minimum atomic E-state index is -0.0416. The number of pyridine rings is 1. The molecule has 1 aliphatic rings. The Morgan fingerprint density at radius 3 is 2.60 bits per heavy atom. The third-order valence-corrected chi connectivity index (χ3v) is 7.68. The monoisotopic (exact) mass is 580 g/mol. The molecule has 1 amide bonds. The Morgan fingerprint density at radius 2 is 1.83 bits per heavy atom. The van der Waals surface area contributed by atoms with E-state index in [1.54, 1.807) is 22.9 Å². The number of aromatic amines is 1. The number of amides is 1. The maximum atomic E-state index is 13.1. The molecule has 1 saturated carbocycles. The van der Waals surface area contributed by atoms with Crippen LogP contribution in [0, 0.1) is 0 Å². The van der Waals surface area contributed by atoms with Crippen LogP contribution in [0.25, 0.3) is 16.6 Å². The van der Waals surface area contributed by atoms with Crippen molar-refractivity contribution in [2.24, 2.45) is 0 Å². The lowest BCUT2D eigenvalue weighted by atomic mass is 9.89. The van der Waals surface area contributed by atoms with Gasteiger partial charge >= 0.3 is 0 Å². The van der Waals surface area contributed by atoms with E-state index in [1.165, 1.54) is 10.9 Å². The molecule has 1 aliphatic carbocycles. The van der Waals surface area contributed by atoms with Gasteiger partial charge in [-0.25, -0.2) is 0 Å². The lowest BCUT2D eigenvalue weighted by molar-refractivity contribution is 0.0915. The van der Waals surface area contributed by atoms with Crippen LogP contribution in [0.2, 0.25) is 0 Å². The molecule has 35 heavy (non-hydrogen) atoms. The first-order valence-corrected chi connectivity index (χ1v) is 13.6. The first-order valence-electron chi connectivity index (χ1n) is 12.1. The number of hydrogen-bond acceptors (Lipinski definition) is 3. The van der Waals surface area contributed by atoms with Gasteiger partial charge in [0.1, 0.15) is 0 Å². The Balaban J connectivity index is 1.22. The highest BCUT2D eigenvalue weighted by atomic mass is 127. The summed E-state index contributed by atoms with van der Waals surface area (Å²) in [4.78, 5) is 28.4. The quantitative estimate of drug-likeness (QED) is 0.211. The molecule has 0 aliphatic heterocycles.